The summed E-state index contributed by atoms with van der Waals surface area (Å²) in [5, 5.41) is 13.1. The van der Waals surface area contributed by atoms with Crippen LogP contribution >= 0.6 is 27.7 Å². The van der Waals surface area contributed by atoms with Gasteiger partial charge in [-0.3, -0.25) is 4.79 Å². The first kappa shape index (κ1) is 17.6. The standard InChI is InChI=1S/C18H15BrN2O3S/c1-2-24-14-6-4-13(5-7-14)20-18-21-17(23)16(25-18)10-11-9-12(19)3-8-15(11)22/h3-10,22H,2H2,1H3,(H,20,21,23)/b16-10+. The number of carbonyl (C=O) groups excluding carboxylic acids is 1. The van der Waals surface area contributed by atoms with E-state index in [0.717, 1.165) is 15.9 Å². The van der Waals surface area contributed by atoms with Crippen LogP contribution in [0, 0.1) is 0 Å². The van der Waals surface area contributed by atoms with Gasteiger partial charge in [-0.2, -0.15) is 0 Å². The Kier molecular flexibility index (Phi) is 5.45. The zero-order chi connectivity index (χ0) is 17.8. The van der Waals surface area contributed by atoms with Crippen LogP contribution in [0.1, 0.15) is 12.5 Å². The van der Waals surface area contributed by atoms with E-state index in [-0.39, 0.29) is 11.7 Å². The van der Waals surface area contributed by atoms with Gasteiger partial charge in [0.25, 0.3) is 5.91 Å². The number of rotatable bonds is 4. The zero-order valence-electron chi connectivity index (χ0n) is 13.3. The molecule has 2 aromatic carbocycles. The van der Waals surface area contributed by atoms with Crippen LogP contribution in [0.25, 0.3) is 6.08 Å². The molecule has 0 saturated carbocycles. The number of benzene rings is 2. The van der Waals surface area contributed by atoms with Gasteiger partial charge in [-0.05, 0) is 67.2 Å². The molecule has 0 unspecified atom stereocenters. The van der Waals surface area contributed by atoms with Gasteiger partial charge in [-0.15, -0.1) is 0 Å². The minimum Gasteiger partial charge on any atom is -0.507 e. The molecular weight excluding hydrogens is 404 g/mol. The molecule has 25 heavy (non-hydrogen) atoms. The molecule has 0 spiro atoms. The normalized spacial score (nSPS) is 17.1. The van der Waals surface area contributed by atoms with Gasteiger partial charge >= 0.3 is 0 Å². The molecule has 1 fully saturated rings. The topological polar surface area (TPSA) is 70.9 Å². The number of thioether (sulfide) groups is 1. The Morgan fingerprint density at radius 2 is 2.04 bits per heavy atom. The van der Waals surface area contributed by atoms with E-state index in [2.05, 4.69) is 26.2 Å². The van der Waals surface area contributed by atoms with Crippen molar-refractivity contribution in [1.29, 1.82) is 0 Å². The van der Waals surface area contributed by atoms with Gasteiger partial charge in [0, 0.05) is 10.0 Å². The highest BCUT2D eigenvalue weighted by molar-refractivity contribution is 9.10. The summed E-state index contributed by atoms with van der Waals surface area (Å²) in [5.74, 6) is 0.648. The van der Waals surface area contributed by atoms with Crippen molar-refractivity contribution in [3.8, 4) is 11.5 Å². The second kappa shape index (κ2) is 7.76. The van der Waals surface area contributed by atoms with Crippen molar-refractivity contribution in [3.63, 3.8) is 0 Å². The van der Waals surface area contributed by atoms with E-state index in [4.69, 9.17) is 4.74 Å². The first-order chi connectivity index (χ1) is 12.0. The molecule has 0 radical (unpaired) electrons. The van der Waals surface area contributed by atoms with Crippen LogP contribution in [-0.4, -0.2) is 22.8 Å². The first-order valence-electron chi connectivity index (χ1n) is 7.56. The number of carbonyl (C=O) groups is 1. The third kappa shape index (κ3) is 4.43. The minimum absolute atomic E-state index is 0.112. The maximum Gasteiger partial charge on any atom is 0.264 e. The third-order valence-corrected chi connectivity index (χ3v) is 4.71. The highest BCUT2D eigenvalue weighted by atomic mass is 79.9. The lowest BCUT2D eigenvalue weighted by Crippen LogP contribution is -2.19. The van der Waals surface area contributed by atoms with Crippen molar-refractivity contribution in [2.24, 2.45) is 4.99 Å². The molecule has 128 valence electrons. The zero-order valence-corrected chi connectivity index (χ0v) is 15.7. The number of amidine groups is 1. The summed E-state index contributed by atoms with van der Waals surface area (Å²) < 4.78 is 6.22. The molecule has 2 N–H and O–H groups in total. The lowest BCUT2D eigenvalue weighted by atomic mass is 10.2. The Hall–Kier alpha value is -2.25. The van der Waals surface area contributed by atoms with Crippen molar-refractivity contribution in [2.75, 3.05) is 6.61 Å². The molecule has 5 nitrogen and oxygen atoms in total. The smallest absolute Gasteiger partial charge is 0.264 e. The Morgan fingerprint density at radius 3 is 2.76 bits per heavy atom. The monoisotopic (exact) mass is 418 g/mol. The number of hydrogen-bond acceptors (Lipinski definition) is 5. The van der Waals surface area contributed by atoms with E-state index in [1.165, 1.54) is 11.8 Å². The highest BCUT2D eigenvalue weighted by Gasteiger charge is 2.24. The van der Waals surface area contributed by atoms with Gasteiger partial charge in [0.2, 0.25) is 0 Å². The van der Waals surface area contributed by atoms with Gasteiger partial charge < -0.3 is 15.2 Å². The fourth-order valence-electron chi connectivity index (χ4n) is 2.16. The van der Waals surface area contributed by atoms with Crippen LogP contribution in [0.3, 0.4) is 0 Å². The van der Waals surface area contributed by atoms with Crippen LogP contribution in [0.2, 0.25) is 0 Å². The van der Waals surface area contributed by atoms with E-state index in [9.17, 15) is 9.90 Å². The molecule has 1 aliphatic heterocycles. The van der Waals surface area contributed by atoms with Crippen molar-refractivity contribution in [1.82, 2.24) is 5.32 Å². The summed E-state index contributed by atoms with van der Waals surface area (Å²) in [6, 6.07) is 12.4. The summed E-state index contributed by atoms with van der Waals surface area (Å²) in [5.41, 5.74) is 1.28. The number of nitrogens with zero attached hydrogens (tertiary/aromatic N) is 1. The Bertz CT molecular complexity index is 863. The van der Waals surface area contributed by atoms with Crippen molar-refractivity contribution >= 4 is 50.5 Å². The molecule has 0 bridgehead atoms. The average molecular weight is 419 g/mol. The summed E-state index contributed by atoms with van der Waals surface area (Å²) in [6.07, 6.45) is 1.64. The molecule has 1 amide bonds. The van der Waals surface area contributed by atoms with Crippen LogP contribution in [0.4, 0.5) is 5.69 Å². The number of amides is 1. The van der Waals surface area contributed by atoms with Gasteiger partial charge in [0.15, 0.2) is 5.17 Å². The second-order valence-electron chi connectivity index (χ2n) is 5.11. The summed E-state index contributed by atoms with van der Waals surface area (Å²) >= 11 is 4.58. The van der Waals surface area contributed by atoms with Crippen molar-refractivity contribution in [3.05, 3.63) is 57.4 Å². The van der Waals surface area contributed by atoms with Crippen LogP contribution in [0.5, 0.6) is 11.5 Å². The number of phenolic OH excluding ortho intramolecular Hbond substituents is 1. The fraction of sp³-hybridized carbons (Fsp3) is 0.111. The van der Waals surface area contributed by atoms with Gasteiger partial charge in [0.05, 0.1) is 17.2 Å². The molecular formula is C18H15BrN2O3S. The maximum atomic E-state index is 12.1. The van der Waals surface area contributed by atoms with Gasteiger partial charge in [-0.25, -0.2) is 4.99 Å². The van der Waals surface area contributed by atoms with Crippen LogP contribution < -0.4 is 10.1 Å². The number of phenols is 1. The molecule has 0 aromatic heterocycles. The van der Waals surface area contributed by atoms with Crippen LogP contribution in [-0.2, 0) is 4.79 Å². The number of ether oxygens (including phenoxy) is 1. The fourth-order valence-corrected chi connectivity index (χ4v) is 3.38. The molecule has 7 heteroatoms. The van der Waals surface area contributed by atoms with E-state index in [1.54, 1.807) is 24.3 Å². The van der Waals surface area contributed by atoms with Crippen LogP contribution in [0.15, 0.2) is 56.8 Å². The predicted octanol–water partition coefficient (Wildman–Crippen LogP) is 4.45. The lowest BCUT2D eigenvalue weighted by Gasteiger charge is -2.02. The number of hydrogen-bond donors (Lipinski definition) is 2. The van der Waals surface area contributed by atoms with Crippen molar-refractivity contribution < 1.29 is 14.6 Å². The van der Waals surface area contributed by atoms with E-state index >= 15 is 0 Å². The molecule has 1 saturated heterocycles. The van der Waals surface area contributed by atoms with E-state index in [0.29, 0.717) is 22.2 Å². The Labute approximate surface area is 157 Å². The molecule has 0 atom stereocenters. The second-order valence-corrected chi connectivity index (χ2v) is 7.06. The summed E-state index contributed by atoms with van der Waals surface area (Å²) in [4.78, 5) is 17.0. The summed E-state index contributed by atoms with van der Waals surface area (Å²) in [7, 11) is 0. The molecule has 3 rings (SSSR count). The molecule has 1 heterocycles. The molecule has 0 aliphatic carbocycles. The van der Waals surface area contributed by atoms with E-state index < -0.39 is 0 Å². The molecule has 1 aliphatic rings. The van der Waals surface area contributed by atoms with Crippen molar-refractivity contribution in [2.45, 2.75) is 6.92 Å². The highest BCUT2D eigenvalue weighted by Crippen LogP contribution is 2.31. The van der Waals surface area contributed by atoms with Gasteiger partial charge in [0.1, 0.15) is 11.5 Å². The molecule has 2 aromatic rings. The number of halogens is 1. The average Bonchev–Trinajstić information content (AvgIpc) is 2.92. The maximum absolute atomic E-state index is 12.1. The number of aromatic hydroxyl groups is 1. The SMILES string of the molecule is CCOc1ccc(N=C2NC(=O)/C(=C\c3cc(Br)ccc3O)S2)cc1. The Morgan fingerprint density at radius 1 is 1.28 bits per heavy atom. The Balaban J connectivity index is 1.79. The first-order valence-corrected chi connectivity index (χ1v) is 9.17. The predicted molar refractivity (Wildman–Crippen MR) is 104 cm³/mol. The lowest BCUT2D eigenvalue weighted by molar-refractivity contribution is -0.115. The van der Waals surface area contributed by atoms with E-state index in [1.807, 2.05) is 31.2 Å². The summed E-state index contributed by atoms with van der Waals surface area (Å²) in [6.45, 7) is 2.53. The van der Waals surface area contributed by atoms with Gasteiger partial charge in [-0.1, -0.05) is 15.9 Å². The number of nitrogens with one attached hydrogen (secondary N) is 1. The number of aliphatic imine (C=N–C) groups is 1. The minimum atomic E-state index is -0.242. The quantitative estimate of drug-likeness (QED) is 0.719. The third-order valence-electron chi connectivity index (χ3n) is 3.31. The largest absolute Gasteiger partial charge is 0.507 e.